The standard InChI is InChI=1S/C19H23N3O4/c1-25-17-12-14(13-20)4-5-16(17)26-18(23)15-6-10-22(11-7-15)19(24)21-8-2-3-9-21/h4-5,12,15H,2-3,6-11H2,1H3. The fourth-order valence-corrected chi connectivity index (χ4v) is 3.43. The molecule has 0 saturated carbocycles. The van der Waals surface area contributed by atoms with E-state index in [-0.39, 0.29) is 17.9 Å². The number of esters is 1. The Balaban J connectivity index is 1.55. The molecule has 3 rings (SSSR count). The van der Waals surface area contributed by atoms with Crippen molar-refractivity contribution >= 4 is 12.0 Å². The summed E-state index contributed by atoms with van der Waals surface area (Å²) in [4.78, 5) is 28.6. The zero-order valence-corrected chi connectivity index (χ0v) is 14.9. The van der Waals surface area contributed by atoms with Gasteiger partial charge >= 0.3 is 12.0 Å². The Labute approximate surface area is 153 Å². The fraction of sp³-hybridized carbons (Fsp3) is 0.526. The largest absolute Gasteiger partial charge is 0.493 e. The van der Waals surface area contributed by atoms with E-state index in [1.165, 1.54) is 7.11 Å². The number of likely N-dealkylation sites (tertiary alicyclic amines) is 2. The Bertz CT molecular complexity index is 714. The summed E-state index contributed by atoms with van der Waals surface area (Å²) in [6, 6.07) is 6.81. The van der Waals surface area contributed by atoms with E-state index in [2.05, 4.69) is 0 Å². The van der Waals surface area contributed by atoms with Gasteiger partial charge in [-0.1, -0.05) is 0 Å². The zero-order chi connectivity index (χ0) is 18.5. The van der Waals surface area contributed by atoms with E-state index in [9.17, 15) is 9.59 Å². The third-order valence-electron chi connectivity index (χ3n) is 4.98. The number of urea groups is 1. The number of hydrogen-bond donors (Lipinski definition) is 0. The van der Waals surface area contributed by atoms with Crippen LogP contribution in [-0.2, 0) is 4.79 Å². The summed E-state index contributed by atoms with van der Waals surface area (Å²) in [6.07, 6.45) is 3.33. The van der Waals surface area contributed by atoms with Gasteiger partial charge in [-0.05, 0) is 37.8 Å². The number of carbonyl (C=O) groups is 2. The average Bonchev–Trinajstić information content (AvgIpc) is 3.22. The minimum Gasteiger partial charge on any atom is -0.493 e. The summed E-state index contributed by atoms with van der Waals surface area (Å²) < 4.78 is 10.7. The molecule has 2 saturated heterocycles. The van der Waals surface area contributed by atoms with Gasteiger partial charge in [0, 0.05) is 32.2 Å². The highest BCUT2D eigenvalue weighted by molar-refractivity contribution is 5.78. The monoisotopic (exact) mass is 357 g/mol. The summed E-state index contributed by atoms with van der Waals surface area (Å²) in [6.45, 7) is 2.80. The Morgan fingerprint density at radius 2 is 1.73 bits per heavy atom. The molecule has 26 heavy (non-hydrogen) atoms. The van der Waals surface area contributed by atoms with Crippen molar-refractivity contribution in [2.45, 2.75) is 25.7 Å². The number of nitrogens with zero attached hydrogens (tertiary/aromatic N) is 3. The molecule has 7 nitrogen and oxygen atoms in total. The molecule has 2 fully saturated rings. The molecule has 2 aliphatic rings. The molecule has 2 heterocycles. The van der Waals surface area contributed by atoms with Gasteiger partial charge in [0.05, 0.1) is 24.7 Å². The van der Waals surface area contributed by atoms with Gasteiger partial charge in [0.15, 0.2) is 11.5 Å². The molecule has 138 valence electrons. The van der Waals surface area contributed by atoms with Crippen LogP contribution in [0.25, 0.3) is 0 Å². The first-order chi connectivity index (χ1) is 12.6. The van der Waals surface area contributed by atoms with E-state index in [1.54, 1.807) is 18.2 Å². The number of methoxy groups -OCH3 is 1. The summed E-state index contributed by atoms with van der Waals surface area (Å²) in [5.41, 5.74) is 0.440. The molecule has 0 aromatic heterocycles. The van der Waals surface area contributed by atoms with Crippen LogP contribution >= 0.6 is 0 Å². The highest BCUT2D eigenvalue weighted by Gasteiger charge is 2.31. The van der Waals surface area contributed by atoms with Crippen LogP contribution in [-0.4, -0.2) is 55.1 Å². The molecule has 0 atom stereocenters. The molecular formula is C19H23N3O4. The van der Waals surface area contributed by atoms with E-state index < -0.39 is 0 Å². The minimum atomic E-state index is -0.318. The zero-order valence-electron chi connectivity index (χ0n) is 14.9. The quantitative estimate of drug-likeness (QED) is 0.613. The molecule has 0 unspecified atom stereocenters. The van der Waals surface area contributed by atoms with Crippen LogP contribution in [0.4, 0.5) is 4.79 Å². The Kier molecular flexibility index (Phi) is 5.61. The van der Waals surface area contributed by atoms with Crippen molar-refractivity contribution in [1.29, 1.82) is 5.26 Å². The molecule has 7 heteroatoms. The van der Waals surface area contributed by atoms with Gasteiger partial charge in [0.25, 0.3) is 0 Å². The number of hydrogen-bond acceptors (Lipinski definition) is 5. The maximum absolute atomic E-state index is 12.5. The van der Waals surface area contributed by atoms with E-state index in [0.717, 1.165) is 25.9 Å². The van der Waals surface area contributed by atoms with Gasteiger partial charge < -0.3 is 19.3 Å². The van der Waals surface area contributed by atoms with Gasteiger partial charge in [-0.15, -0.1) is 0 Å². The molecular weight excluding hydrogens is 334 g/mol. The van der Waals surface area contributed by atoms with Gasteiger partial charge in [-0.3, -0.25) is 4.79 Å². The third-order valence-corrected chi connectivity index (χ3v) is 4.98. The molecule has 2 aliphatic heterocycles. The number of nitriles is 1. The SMILES string of the molecule is COc1cc(C#N)ccc1OC(=O)C1CCN(C(=O)N2CCCC2)CC1. The highest BCUT2D eigenvalue weighted by Crippen LogP contribution is 2.30. The first-order valence-corrected chi connectivity index (χ1v) is 8.96. The molecule has 1 aromatic carbocycles. The van der Waals surface area contributed by atoms with Crippen molar-refractivity contribution in [3.8, 4) is 17.6 Å². The lowest BCUT2D eigenvalue weighted by atomic mass is 9.97. The van der Waals surface area contributed by atoms with Crippen molar-refractivity contribution in [2.24, 2.45) is 5.92 Å². The molecule has 0 radical (unpaired) electrons. The molecule has 0 N–H and O–H groups in total. The second-order valence-electron chi connectivity index (χ2n) is 6.64. The van der Waals surface area contributed by atoms with Crippen LogP contribution in [0.5, 0.6) is 11.5 Å². The van der Waals surface area contributed by atoms with Crippen LogP contribution in [0.2, 0.25) is 0 Å². The lowest BCUT2D eigenvalue weighted by Gasteiger charge is -2.33. The summed E-state index contributed by atoms with van der Waals surface area (Å²) in [5, 5.41) is 8.93. The summed E-state index contributed by atoms with van der Waals surface area (Å²) in [7, 11) is 1.47. The second-order valence-corrected chi connectivity index (χ2v) is 6.64. The summed E-state index contributed by atoms with van der Waals surface area (Å²) in [5.74, 6) is 0.116. The smallest absolute Gasteiger partial charge is 0.319 e. The van der Waals surface area contributed by atoms with Crippen molar-refractivity contribution in [3.63, 3.8) is 0 Å². The predicted molar refractivity (Wildman–Crippen MR) is 93.8 cm³/mol. The number of rotatable bonds is 3. The first-order valence-electron chi connectivity index (χ1n) is 8.96. The predicted octanol–water partition coefficient (Wildman–Crippen LogP) is 2.40. The Hall–Kier alpha value is -2.75. The number of carbonyl (C=O) groups excluding carboxylic acids is 2. The Morgan fingerprint density at radius 1 is 1.08 bits per heavy atom. The van der Waals surface area contributed by atoms with Gasteiger partial charge in [-0.2, -0.15) is 5.26 Å². The number of amides is 2. The average molecular weight is 357 g/mol. The van der Waals surface area contributed by atoms with Crippen molar-refractivity contribution in [3.05, 3.63) is 23.8 Å². The van der Waals surface area contributed by atoms with Crippen molar-refractivity contribution in [2.75, 3.05) is 33.3 Å². The van der Waals surface area contributed by atoms with Crippen molar-refractivity contribution in [1.82, 2.24) is 9.80 Å². The molecule has 1 aromatic rings. The lowest BCUT2D eigenvalue weighted by molar-refractivity contribution is -0.140. The lowest BCUT2D eigenvalue weighted by Crippen LogP contribution is -2.46. The number of piperidine rings is 1. The van der Waals surface area contributed by atoms with Crippen LogP contribution < -0.4 is 9.47 Å². The third kappa shape index (κ3) is 3.90. The molecule has 2 amide bonds. The van der Waals surface area contributed by atoms with Crippen molar-refractivity contribution < 1.29 is 19.1 Å². The van der Waals surface area contributed by atoms with Crippen LogP contribution in [0, 0.1) is 17.2 Å². The summed E-state index contributed by atoms with van der Waals surface area (Å²) >= 11 is 0. The minimum absolute atomic E-state index is 0.0862. The highest BCUT2D eigenvalue weighted by atomic mass is 16.6. The van der Waals surface area contributed by atoms with Gasteiger partial charge in [0.2, 0.25) is 0 Å². The molecule has 0 bridgehead atoms. The van der Waals surface area contributed by atoms with Crippen LogP contribution in [0.1, 0.15) is 31.2 Å². The van der Waals surface area contributed by atoms with Gasteiger partial charge in [0.1, 0.15) is 0 Å². The fourth-order valence-electron chi connectivity index (χ4n) is 3.43. The Morgan fingerprint density at radius 3 is 2.35 bits per heavy atom. The van der Waals surface area contributed by atoms with Crippen LogP contribution in [0.3, 0.4) is 0 Å². The van der Waals surface area contributed by atoms with Crippen LogP contribution in [0.15, 0.2) is 18.2 Å². The van der Waals surface area contributed by atoms with E-state index >= 15 is 0 Å². The molecule has 0 spiro atoms. The van der Waals surface area contributed by atoms with E-state index in [0.29, 0.717) is 43.0 Å². The maximum Gasteiger partial charge on any atom is 0.319 e. The number of ether oxygens (including phenoxy) is 2. The van der Waals surface area contributed by atoms with E-state index in [4.69, 9.17) is 14.7 Å². The normalized spacial score (nSPS) is 17.7. The number of benzene rings is 1. The topological polar surface area (TPSA) is 82.9 Å². The maximum atomic E-state index is 12.5. The van der Waals surface area contributed by atoms with Gasteiger partial charge in [-0.25, -0.2) is 4.79 Å². The first kappa shape index (κ1) is 18.1. The molecule has 0 aliphatic carbocycles. The van der Waals surface area contributed by atoms with E-state index in [1.807, 2.05) is 15.9 Å². The second kappa shape index (κ2) is 8.09.